The van der Waals surface area contributed by atoms with E-state index in [2.05, 4.69) is 14.1 Å². The molecule has 0 radical (unpaired) electrons. The Kier molecular flexibility index (Phi) is 5.85. The largest absolute Gasteiger partial charge is 0.455 e. The lowest BCUT2D eigenvalue weighted by Gasteiger charge is -2.07. The van der Waals surface area contributed by atoms with Gasteiger partial charge in [0.1, 0.15) is 11.0 Å². The molecular weight excluding hydrogens is 382 g/mol. The molecule has 25 heavy (non-hydrogen) atoms. The summed E-state index contributed by atoms with van der Waals surface area (Å²) in [5.74, 6) is -0.783. The zero-order valence-electron chi connectivity index (χ0n) is 12.8. The van der Waals surface area contributed by atoms with Gasteiger partial charge in [-0.15, -0.1) is 11.8 Å². The van der Waals surface area contributed by atoms with Crippen LogP contribution in [0.2, 0.25) is 5.02 Å². The summed E-state index contributed by atoms with van der Waals surface area (Å²) in [7, 11) is 0. The van der Waals surface area contributed by atoms with Gasteiger partial charge in [-0.25, -0.2) is 0 Å². The second kappa shape index (κ2) is 8.28. The number of nitrogens with zero attached hydrogens (tertiary/aromatic N) is 2. The van der Waals surface area contributed by atoms with Crippen molar-refractivity contribution in [2.75, 3.05) is 17.7 Å². The highest BCUT2D eigenvalue weighted by molar-refractivity contribution is 8.00. The number of hydrogen-bond donors (Lipinski definition) is 1. The van der Waals surface area contributed by atoms with Gasteiger partial charge in [-0.3, -0.25) is 9.59 Å². The molecule has 1 amide bonds. The van der Waals surface area contributed by atoms with Crippen LogP contribution < -0.4 is 5.32 Å². The van der Waals surface area contributed by atoms with Crippen molar-refractivity contribution in [3.05, 3.63) is 47.5 Å². The van der Waals surface area contributed by atoms with Gasteiger partial charge in [-0.2, -0.15) is 8.75 Å². The van der Waals surface area contributed by atoms with Crippen molar-refractivity contribution in [1.82, 2.24) is 8.75 Å². The number of aromatic nitrogens is 2. The lowest BCUT2D eigenvalue weighted by molar-refractivity contribution is -0.144. The topological polar surface area (TPSA) is 81.2 Å². The lowest BCUT2D eigenvalue weighted by atomic mass is 10.2. The first-order valence-corrected chi connectivity index (χ1v) is 9.26. The van der Waals surface area contributed by atoms with E-state index >= 15 is 0 Å². The zero-order valence-corrected chi connectivity index (χ0v) is 15.2. The first-order chi connectivity index (χ1) is 12.1. The lowest BCUT2D eigenvalue weighted by Crippen LogP contribution is -2.21. The molecule has 3 aromatic rings. The minimum Gasteiger partial charge on any atom is -0.455 e. The molecule has 9 heteroatoms. The van der Waals surface area contributed by atoms with Gasteiger partial charge in [0, 0.05) is 9.92 Å². The second-order valence-corrected chi connectivity index (χ2v) is 6.90. The Labute approximate surface area is 156 Å². The van der Waals surface area contributed by atoms with Crippen LogP contribution in [-0.4, -0.2) is 33.0 Å². The van der Waals surface area contributed by atoms with Gasteiger partial charge in [-0.05, 0) is 36.4 Å². The molecular formula is C16H12ClN3O3S2. The van der Waals surface area contributed by atoms with Crippen LogP contribution in [0.1, 0.15) is 0 Å². The van der Waals surface area contributed by atoms with Crippen LogP contribution >= 0.6 is 35.1 Å². The number of carbonyl (C=O) groups excluding carboxylic acids is 2. The summed E-state index contributed by atoms with van der Waals surface area (Å²) in [5.41, 5.74) is 1.87. The van der Waals surface area contributed by atoms with Crippen molar-refractivity contribution in [3.8, 4) is 0 Å². The Hall–Kier alpha value is -2.16. The monoisotopic (exact) mass is 393 g/mol. The Balaban J connectivity index is 1.46. The molecule has 0 aliphatic carbocycles. The number of nitrogens with one attached hydrogen (secondary N) is 1. The summed E-state index contributed by atoms with van der Waals surface area (Å²) >= 11 is 8.19. The van der Waals surface area contributed by atoms with E-state index in [1.807, 2.05) is 18.2 Å². The van der Waals surface area contributed by atoms with E-state index in [4.69, 9.17) is 16.3 Å². The number of benzene rings is 2. The van der Waals surface area contributed by atoms with Crippen LogP contribution in [0.15, 0.2) is 47.4 Å². The molecule has 0 aliphatic heterocycles. The summed E-state index contributed by atoms with van der Waals surface area (Å²) in [6, 6.07) is 12.4. The maximum Gasteiger partial charge on any atom is 0.316 e. The van der Waals surface area contributed by atoms with E-state index in [1.54, 1.807) is 24.3 Å². The van der Waals surface area contributed by atoms with Crippen LogP contribution in [0.4, 0.5) is 5.69 Å². The fraction of sp³-hybridized carbons (Fsp3) is 0.125. The molecule has 0 atom stereocenters. The maximum absolute atomic E-state index is 11.9. The van der Waals surface area contributed by atoms with E-state index in [0.717, 1.165) is 16.6 Å². The quantitative estimate of drug-likeness (QED) is 0.509. The third-order valence-corrected chi connectivity index (χ3v) is 4.87. The molecule has 1 aromatic heterocycles. The Morgan fingerprint density at radius 1 is 1.16 bits per heavy atom. The van der Waals surface area contributed by atoms with Crippen LogP contribution in [0.5, 0.6) is 0 Å². The van der Waals surface area contributed by atoms with E-state index in [0.29, 0.717) is 21.7 Å². The van der Waals surface area contributed by atoms with Gasteiger partial charge >= 0.3 is 5.97 Å². The van der Waals surface area contributed by atoms with E-state index < -0.39 is 11.9 Å². The highest BCUT2D eigenvalue weighted by Gasteiger charge is 2.11. The van der Waals surface area contributed by atoms with Crippen molar-refractivity contribution in [2.24, 2.45) is 0 Å². The van der Waals surface area contributed by atoms with Crippen LogP contribution in [-0.2, 0) is 14.3 Å². The third kappa shape index (κ3) is 4.91. The smallest absolute Gasteiger partial charge is 0.316 e. The number of carbonyl (C=O) groups is 2. The van der Waals surface area contributed by atoms with Crippen LogP contribution in [0.3, 0.4) is 0 Å². The molecule has 0 spiro atoms. The Morgan fingerprint density at radius 2 is 1.96 bits per heavy atom. The van der Waals surface area contributed by atoms with E-state index in [-0.39, 0.29) is 12.4 Å². The molecule has 0 fully saturated rings. The predicted octanol–water partition coefficient (Wildman–Crippen LogP) is 3.62. The summed E-state index contributed by atoms with van der Waals surface area (Å²) in [5, 5.41) is 3.31. The maximum atomic E-state index is 11.9. The Bertz CT molecular complexity index is 899. The predicted molar refractivity (Wildman–Crippen MR) is 99.2 cm³/mol. The molecule has 2 aromatic carbocycles. The summed E-state index contributed by atoms with van der Waals surface area (Å²) < 4.78 is 13.2. The van der Waals surface area contributed by atoms with Gasteiger partial charge in [0.15, 0.2) is 6.61 Å². The number of rotatable bonds is 6. The fourth-order valence-electron chi connectivity index (χ4n) is 1.95. The Morgan fingerprint density at radius 3 is 2.76 bits per heavy atom. The zero-order chi connectivity index (χ0) is 17.6. The average Bonchev–Trinajstić information content (AvgIpc) is 3.09. The van der Waals surface area contributed by atoms with Gasteiger partial charge in [0.25, 0.3) is 5.91 Å². The average molecular weight is 394 g/mol. The van der Waals surface area contributed by atoms with Crippen molar-refractivity contribution in [3.63, 3.8) is 0 Å². The summed E-state index contributed by atoms with van der Waals surface area (Å²) in [6.07, 6.45) is 0. The molecule has 3 rings (SSSR count). The van der Waals surface area contributed by atoms with Gasteiger partial charge in [0.05, 0.1) is 23.2 Å². The van der Waals surface area contributed by atoms with Crippen molar-refractivity contribution in [2.45, 2.75) is 4.90 Å². The van der Waals surface area contributed by atoms with Crippen molar-refractivity contribution in [1.29, 1.82) is 0 Å². The summed E-state index contributed by atoms with van der Waals surface area (Å²) in [4.78, 5) is 24.6. The van der Waals surface area contributed by atoms with Gasteiger partial charge in [-0.1, -0.05) is 17.7 Å². The molecule has 0 bridgehead atoms. The van der Waals surface area contributed by atoms with Gasteiger partial charge < -0.3 is 10.1 Å². The summed E-state index contributed by atoms with van der Waals surface area (Å²) in [6.45, 7) is -0.353. The fourth-order valence-corrected chi connectivity index (χ4v) is 3.33. The number of anilines is 1. The molecule has 1 heterocycles. The molecule has 128 valence electrons. The number of ether oxygens (including phenoxy) is 1. The standard InChI is InChI=1S/C16H12ClN3O3S2/c17-10-4-6-11(7-5-10)24-9-15(22)23-8-14(21)18-12-2-1-3-13-16(12)20-25-19-13/h1-7H,8-9H2,(H,18,21). The minimum absolute atomic E-state index is 0.112. The molecule has 0 saturated carbocycles. The molecule has 0 unspecified atom stereocenters. The molecule has 0 saturated heterocycles. The number of esters is 1. The highest BCUT2D eigenvalue weighted by atomic mass is 35.5. The minimum atomic E-state index is -0.469. The second-order valence-electron chi connectivity index (χ2n) is 4.89. The first kappa shape index (κ1) is 17.7. The van der Waals surface area contributed by atoms with Crippen LogP contribution in [0.25, 0.3) is 11.0 Å². The molecule has 0 aliphatic rings. The number of amides is 1. The van der Waals surface area contributed by atoms with E-state index in [1.165, 1.54) is 11.8 Å². The SMILES string of the molecule is O=C(COC(=O)CSc1ccc(Cl)cc1)Nc1cccc2nsnc12. The molecule has 1 N–H and O–H groups in total. The number of hydrogen-bond acceptors (Lipinski definition) is 7. The normalized spacial score (nSPS) is 10.6. The highest BCUT2D eigenvalue weighted by Crippen LogP contribution is 2.21. The number of halogens is 1. The first-order valence-electron chi connectivity index (χ1n) is 7.17. The van der Waals surface area contributed by atoms with E-state index in [9.17, 15) is 9.59 Å². The molecule has 6 nitrogen and oxygen atoms in total. The van der Waals surface area contributed by atoms with Crippen LogP contribution in [0, 0.1) is 0 Å². The number of fused-ring (bicyclic) bond motifs is 1. The van der Waals surface area contributed by atoms with Crippen molar-refractivity contribution < 1.29 is 14.3 Å². The van der Waals surface area contributed by atoms with Gasteiger partial charge in [0.2, 0.25) is 0 Å². The third-order valence-electron chi connectivity index (χ3n) is 3.09. The number of thioether (sulfide) groups is 1. The van der Waals surface area contributed by atoms with Crippen molar-refractivity contribution >= 4 is 63.7 Å².